The van der Waals surface area contributed by atoms with E-state index in [2.05, 4.69) is 20.1 Å². The molecule has 2 aliphatic carbocycles. The zero-order valence-electron chi connectivity index (χ0n) is 18.5. The van der Waals surface area contributed by atoms with Crippen LogP contribution < -0.4 is 10.6 Å². The summed E-state index contributed by atoms with van der Waals surface area (Å²) >= 11 is 0. The van der Waals surface area contributed by atoms with Crippen molar-refractivity contribution in [3.8, 4) is 0 Å². The first-order chi connectivity index (χ1) is 15.8. The van der Waals surface area contributed by atoms with E-state index in [1.54, 1.807) is 0 Å². The van der Waals surface area contributed by atoms with Crippen molar-refractivity contribution in [3.05, 3.63) is 0 Å². The fourth-order valence-corrected chi connectivity index (χ4v) is 5.54. The summed E-state index contributed by atoms with van der Waals surface area (Å²) in [5, 5.41) is 5.81. The molecule has 2 N–H and O–H groups in total. The van der Waals surface area contributed by atoms with E-state index in [9.17, 15) is 28.8 Å². The number of rotatable bonds is 8. The van der Waals surface area contributed by atoms with Gasteiger partial charge < -0.3 is 20.1 Å². The highest BCUT2D eigenvalue weighted by Gasteiger charge is 2.49. The fraction of sp³-hybridized carbons (Fsp3) is 0.739. The van der Waals surface area contributed by atoms with Crippen LogP contribution in [-0.2, 0) is 38.2 Å². The normalized spacial score (nSPS) is 33.1. The van der Waals surface area contributed by atoms with Crippen LogP contribution in [0.4, 0.5) is 0 Å². The van der Waals surface area contributed by atoms with Gasteiger partial charge in [0.25, 0.3) is 0 Å². The summed E-state index contributed by atoms with van der Waals surface area (Å²) in [5.74, 6) is -4.40. The molecule has 10 nitrogen and oxygen atoms in total. The van der Waals surface area contributed by atoms with Gasteiger partial charge in [-0.05, 0) is 57.8 Å². The SMILES string of the molecule is O=C(NCCCCCNC(=O)C1CCC2C(=O)OC(=O)C2C1)C1CCC2C(=O)OC(=O)C2C1. The molecule has 33 heavy (non-hydrogen) atoms. The second-order valence-corrected chi connectivity index (χ2v) is 9.57. The van der Waals surface area contributed by atoms with Crippen LogP contribution in [0, 0.1) is 35.5 Å². The molecule has 0 aromatic heterocycles. The summed E-state index contributed by atoms with van der Waals surface area (Å²) in [4.78, 5) is 71.4. The lowest BCUT2D eigenvalue weighted by Crippen LogP contribution is -2.38. The van der Waals surface area contributed by atoms with Gasteiger partial charge >= 0.3 is 23.9 Å². The lowest BCUT2D eigenvalue weighted by atomic mass is 9.75. The lowest BCUT2D eigenvalue weighted by Gasteiger charge is -2.27. The van der Waals surface area contributed by atoms with E-state index in [1.807, 2.05) is 0 Å². The Labute approximate surface area is 191 Å². The van der Waals surface area contributed by atoms with E-state index in [0.29, 0.717) is 51.6 Å². The lowest BCUT2D eigenvalue weighted by molar-refractivity contribution is -0.155. The summed E-state index contributed by atoms with van der Waals surface area (Å²) in [7, 11) is 0. The maximum Gasteiger partial charge on any atom is 0.317 e. The molecule has 180 valence electrons. The van der Waals surface area contributed by atoms with Crippen LogP contribution in [0.15, 0.2) is 0 Å². The summed E-state index contributed by atoms with van der Waals surface area (Å²) in [5.41, 5.74) is 0. The average Bonchev–Trinajstić information content (AvgIpc) is 3.26. The molecule has 0 aromatic rings. The number of carbonyl (C=O) groups is 6. The molecule has 0 spiro atoms. The molecular formula is C23H30N2O8. The fourth-order valence-electron chi connectivity index (χ4n) is 5.54. The van der Waals surface area contributed by atoms with Gasteiger partial charge in [0, 0.05) is 24.9 Å². The molecule has 2 aliphatic heterocycles. The van der Waals surface area contributed by atoms with Crippen molar-refractivity contribution in [1.82, 2.24) is 10.6 Å². The van der Waals surface area contributed by atoms with E-state index >= 15 is 0 Å². The standard InChI is InChI=1S/C23H30N2O8/c26-18(12-4-6-14-16(10-12)22(30)32-20(14)28)24-8-2-1-3-9-25-19(27)13-5-7-15-17(11-13)23(31)33-21(15)29/h12-17H,1-11H2,(H,24,26)(H,25,27). The summed E-state index contributed by atoms with van der Waals surface area (Å²) in [6.07, 6.45) is 5.26. The molecule has 2 amide bonds. The molecule has 2 saturated carbocycles. The van der Waals surface area contributed by atoms with E-state index < -0.39 is 35.7 Å². The molecule has 4 rings (SSSR count). The molecule has 10 heteroatoms. The monoisotopic (exact) mass is 462 g/mol. The Balaban J connectivity index is 1.06. The highest BCUT2D eigenvalue weighted by Crippen LogP contribution is 2.40. The molecule has 0 radical (unpaired) electrons. The Morgan fingerprint density at radius 1 is 0.606 bits per heavy atom. The summed E-state index contributed by atoms with van der Waals surface area (Å²) in [6, 6.07) is 0. The van der Waals surface area contributed by atoms with Crippen LogP contribution in [-0.4, -0.2) is 48.8 Å². The van der Waals surface area contributed by atoms with Crippen LogP contribution in [0.25, 0.3) is 0 Å². The maximum atomic E-state index is 12.4. The number of amides is 2. The van der Waals surface area contributed by atoms with Gasteiger partial charge in [-0.25, -0.2) is 0 Å². The molecule has 0 aromatic carbocycles. The highest BCUT2D eigenvalue weighted by atomic mass is 16.6. The van der Waals surface area contributed by atoms with Crippen LogP contribution in [0.5, 0.6) is 0 Å². The highest BCUT2D eigenvalue weighted by molar-refractivity contribution is 5.97. The third-order valence-corrected chi connectivity index (χ3v) is 7.51. The molecule has 6 unspecified atom stereocenters. The first-order valence-corrected chi connectivity index (χ1v) is 11.9. The number of cyclic esters (lactones) is 4. The Morgan fingerprint density at radius 2 is 1.00 bits per heavy atom. The quantitative estimate of drug-likeness (QED) is 0.303. The minimum absolute atomic E-state index is 0.0894. The molecule has 2 heterocycles. The van der Waals surface area contributed by atoms with Gasteiger partial charge in [-0.3, -0.25) is 28.8 Å². The number of carbonyl (C=O) groups excluding carboxylic acids is 6. The first kappa shape index (κ1) is 23.4. The minimum atomic E-state index is -0.505. The Kier molecular flexibility index (Phi) is 7.09. The van der Waals surface area contributed by atoms with Gasteiger partial charge in [0.1, 0.15) is 0 Å². The van der Waals surface area contributed by atoms with Crippen molar-refractivity contribution < 1.29 is 38.2 Å². The predicted molar refractivity (Wildman–Crippen MR) is 111 cm³/mol. The molecule has 4 fully saturated rings. The number of nitrogens with one attached hydrogen (secondary N) is 2. The molecule has 2 saturated heterocycles. The van der Waals surface area contributed by atoms with Crippen molar-refractivity contribution in [2.75, 3.05) is 13.1 Å². The maximum absolute atomic E-state index is 12.4. The van der Waals surface area contributed by atoms with E-state index in [-0.39, 0.29) is 35.5 Å². The second kappa shape index (κ2) is 10.0. The third-order valence-electron chi connectivity index (χ3n) is 7.51. The van der Waals surface area contributed by atoms with E-state index in [4.69, 9.17) is 0 Å². The van der Waals surface area contributed by atoms with Crippen molar-refractivity contribution in [2.45, 2.75) is 57.8 Å². The number of hydrogen-bond donors (Lipinski definition) is 2. The van der Waals surface area contributed by atoms with Crippen LogP contribution >= 0.6 is 0 Å². The van der Waals surface area contributed by atoms with Gasteiger partial charge in [-0.15, -0.1) is 0 Å². The number of esters is 4. The van der Waals surface area contributed by atoms with Crippen LogP contribution in [0.2, 0.25) is 0 Å². The topological polar surface area (TPSA) is 145 Å². The molecule has 0 bridgehead atoms. The zero-order chi connectivity index (χ0) is 23.5. The van der Waals surface area contributed by atoms with Crippen molar-refractivity contribution in [2.24, 2.45) is 35.5 Å². The Bertz CT molecular complexity index is 787. The smallest absolute Gasteiger partial charge is 0.317 e. The van der Waals surface area contributed by atoms with E-state index in [0.717, 1.165) is 19.3 Å². The average molecular weight is 462 g/mol. The van der Waals surface area contributed by atoms with Crippen LogP contribution in [0.1, 0.15) is 57.8 Å². The number of hydrogen-bond acceptors (Lipinski definition) is 8. The third kappa shape index (κ3) is 5.09. The molecular weight excluding hydrogens is 432 g/mol. The van der Waals surface area contributed by atoms with Gasteiger partial charge in [0.15, 0.2) is 0 Å². The summed E-state index contributed by atoms with van der Waals surface area (Å²) < 4.78 is 9.36. The van der Waals surface area contributed by atoms with Gasteiger partial charge in [0.2, 0.25) is 11.8 Å². The predicted octanol–water partition coefficient (Wildman–Crippen LogP) is 0.621. The van der Waals surface area contributed by atoms with E-state index in [1.165, 1.54) is 0 Å². The van der Waals surface area contributed by atoms with Crippen LogP contribution in [0.3, 0.4) is 0 Å². The van der Waals surface area contributed by atoms with Gasteiger partial charge in [0.05, 0.1) is 23.7 Å². The minimum Gasteiger partial charge on any atom is -0.393 e. The first-order valence-electron chi connectivity index (χ1n) is 11.9. The van der Waals surface area contributed by atoms with Crippen molar-refractivity contribution >= 4 is 35.7 Å². The number of unbranched alkanes of at least 4 members (excludes halogenated alkanes) is 2. The van der Waals surface area contributed by atoms with Crippen molar-refractivity contribution in [1.29, 1.82) is 0 Å². The number of ether oxygens (including phenoxy) is 2. The largest absolute Gasteiger partial charge is 0.393 e. The molecule has 4 aliphatic rings. The Hall–Kier alpha value is -2.78. The Morgan fingerprint density at radius 3 is 1.42 bits per heavy atom. The van der Waals surface area contributed by atoms with Crippen molar-refractivity contribution in [3.63, 3.8) is 0 Å². The van der Waals surface area contributed by atoms with Gasteiger partial charge in [-0.2, -0.15) is 0 Å². The summed E-state index contributed by atoms with van der Waals surface area (Å²) in [6.45, 7) is 1.03. The zero-order valence-corrected chi connectivity index (χ0v) is 18.5. The second-order valence-electron chi connectivity index (χ2n) is 9.57. The number of fused-ring (bicyclic) bond motifs is 2. The van der Waals surface area contributed by atoms with Gasteiger partial charge in [-0.1, -0.05) is 0 Å². The molecule has 6 atom stereocenters.